The molecule has 1 aromatic carbocycles. The van der Waals surface area contributed by atoms with Gasteiger partial charge in [-0.25, -0.2) is 0 Å². The minimum atomic E-state index is 0.318. The van der Waals surface area contributed by atoms with Gasteiger partial charge in [-0.1, -0.05) is 43.1 Å². The lowest BCUT2D eigenvalue weighted by molar-refractivity contribution is 0.0426. The Morgan fingerprint density at radius 2 is 2.10 bits per heavy atom. The Labute approximate surface area is 121 Å². The molecule has 0 saturated carbocycles. The average Bonchev–Trinajstić information content (AvgIpc) is 2.47. The molecule has 1 saturated heterocycles. The molecule has 20 heavy (non-hydrogen) atoms. The van der Waals surface area contributed by atoms with Crippen molar-refractivity contribution >= 4 is 18.6 Å². The van der Waals surface area contributed by atoms with Gasteiger partial charge in [0.2, 0.25) is 0 Å². The van der Waals surface area contributed by atoms with Crippen LogP contribution in [0.25, 0.3) is 6.08 Å². The van der Waals surface area contributed by atoms with Crippen LogP contribution in [0.5, 0.6) is 0 Å². The molecule has 1 aromatic rings. The topological polar surface area (TPSA) is 24.5 Å². The summed E-state index contributed by atoms with van der Waals surface area (Å²) in [5, 5.41) is 3.56. The fourth-order valence-corrected chi connectivity index (χ4v) is 2.89. The quantitative estimate of drug-likeness (QED) is 0.853. The molecule has 1 N–H and O–H groups in total. The lowest BCUT2D eigenvalue weighted by atomic mass is 9.53. The molecule has 3 nitrogen and oxygen atoms in total. The Morgan fingerprint density at radius 1 is 1.35 bits per heavy atom. The van der Waals surface area contributed by atoms with Gasteiger partial charge in [-0.2, -0.15) is 0 Å². The second kappa shape index (κ2) is 5.86. The molecule has 0 spiro atoms. The Morgan fingerprint density at radius 3 is 2.90 bits per heavy atom. The molecule has 0 radical (unpaired) electrons. The number of para-hydroxylation sites is 1. The number of anilines is 1. The summed E-state index contributed by atoms with van der Waals surface area (Å²) in [6.07, 6.45) is 2.28. The number of benzene rings is 1. The number of nitrogens with zero attached hydrogens (tertiary/aromatic N) is 1. The highest BCUT2D eigenvalue weighted by atomic mass is 16.5. The Hall–Kier alpha value is -1.52. The van der Waals surface area contributed by atoms with Gasteiger partial charge in [0, 0.05) is 25.3 Å². The summed E-state index contributed by atoms with van der Waals surface area (Å²) in [5.74, 6) is 0. The van der Waals surface area contributed by atoms with Crippen molar-refractivity contribution in [2.24, 2.45) is 0 Å². The second-order valence-corrected chi connectivity index (χ2v) is 5.55. The zero-order valence-electron chi connectivity index (χ0n) is 12.1. The van der Waals surface area contributed by atoms with E-state index in [2.05, 4.69) is 53.9 Å². The highest BCUT2D eigenvalue weighted by Crippen LogP contribution is 2.28. The van der Waals surface area contributed by atoms with Crippen molar-refractivity contribution in [2.75, 3.05) is 38.1 Å². The summed E-state index contributed by atoms with van der Waals surface area (Å²) in [5.41, 5.74) is 4.99. The van der Waals surface area contributed by atoms with E-state index in [1.54, 1.807) is 0 Å². The lowest BCUT2D eigenvalue weighted by Crippen LogP contribution is -2.39. The van der Waals surface area contributed by atoms with E-state index in [1.165, 1.54) is 22.3 Å². The highest BCUT2D eigenvalue weighted by Gasteiger charge is 2.23. The fourth-order valence-electron chi connectivity index (χ4n) is 2.89. The maximum atomic E-state index is 5.40. The molecule has 0 aromatic heterocycles. The van der Waals surface area contributed by atoms with Crippen LogP contribution in [0, 0.1) is 0 Å². The van der Waals surface area contributed by atoms with Gasteiger partial charge in [-0.05, 0) is 17.2 Å². The average molecular weight is 268 g/mol. The highest BCUT2D eigenvalue weighted by molar-refractivity contribution is 6.71. The molecule has 2 heterocycles. The van der Waals surface area contributed by atoms with Crippen molar-refractivity contribution < 1.29 is 4.74 Å². The number of hydrogen-bond acceptors (Lipinski definition) is 3. The van der Waals surface area contributed by atoms with Crippen LogP contribution in [-0.2, 0) is 4.74 Å². The predicted octanol–water partition coefficient (Wildman–Crippen LogP) is 2.54. The lowest BCUT2D eigenvalue weighted by Gasteiger charge is -2.30. The van der Waals surface area contributed by atoms with Gasteiger partial charge in [0.25, 0.3) is 6.85 Å². The standard InChI is InChI=1S/C16H21BN2O/c1-13(12-19-7-9-20-10-8-19)15-11-14-5-3-4-6-16(14)18-17(15)2/h3-6,11,18H,1,7-10,12H2,2H3. The second-order valence-electron chi connectivity index (χ2n) is 5.55. The number of hydrogen-bond donors (Lipinski definition) is 1. The summed E-state index contributed by atoms with van der Waals surface area (Å²) in [7, 11) is 0. The van der Waals surface area contributed by atoms with E-state index in [-0.39, 0.29) is 0 Å². The van der Waals surface area contributed by atoms with Gasteiger partial charge >= 0.3 is 0 Å². The molecule has 2 aliphatic rings. The largest absolute Gasteiger partial charge is 0.424 e. The van der Waals surface area contributed by atoms with E-state index in [1.807, 2.05) is 0 Å². The van der Waals surface area contributed by atoms with Crippen LogP contribution in [0.4, 0.5) is 5.69 Å². The van der Waals surface area contributed by atoms with Crippen molar-refractivity contribution in [1.29, 1.82) is 0 Å². The first-order valence-electron chi connectivity index (χ1n) is 7.29. The molecule has 1 fully saturated rings. The summed E-state index contributed by atoms with van der Waals surface area (Å²) < 4.78 is 5.40. The van der Waals surface area contributed by atoms with E-state index >= 15 is 0 Å². The minimum absolute atomic E-state index is 0.318. The van der Waals surface area contributed by atoms with E-state index in [0.717, 1.165) is 32.8 Å². The molecule has 3 rings (SSSR count). The van der Waals surface area contributed by atoms with Gasteiger partial charge in [0.05, 0.1) is 13.2 Å². The zero-order valence-corrected chi connectivity index (χ0v) is 12.1. The van der Waals surface area contributed by atoms with Crippen LogP contribution < -0.4 is 5.23 Å². The van der Waals surface area contributed by atoms with Crippen LogP contribution in [0.1, 0.15) is 5.56 Å². The van der Waals surface area contributed by atoms with Gasteiger partial charge in [0.1, 0.15) is 0 Å². The molecule has 0 bridgehead atoms. The maximum Gasteiger partial charge on any atom is 0.283 e. The minimum Gasteiger partial charge on any atom is -0.424 e. The smallest absolute Gasteiger partial charge is 0.283 e. The van der Waals surface area contributed by atoms with Crippen molar-refractivity contribution in [3.8, 4) is 0 Å². The van der Waals surface area contributed by atoms with Crippen LogP contribution in [0.3, 0.4) is 0 Å². The van der Waals surface area contributed by atoms with Gasteiger partial charge in [-0.3, -0.25) is 4.90 Å². The predicted molar refractivity (Wildman–Crippen MR) is 86.1 cm³/mol. The molecule has 0 atom stereocenters. The molecule has 4 heteroatoms. The third-order valence-corrected chi connectivity index (χ3v) is 4.04. The summed E-state index contributed by atoms with van der Waals surface area (Å²) in [6.45, 7) is 11.4. The molecule has 0 unspecified atom stereocenters. The molecule has 104 valence electrons. The van der Waals surface area contributed by atoms with Gasteiger partial charge in [-0.15, -0.1) is 0 Å². The summed E-state index contributed by atoms with van der Waals surface area (Å²) >= 11 is 0. The third-order valence-electron chi connectivity index (χ3n) is 4.04. The van der Waals surface area contributed by atoms with E-state index in [9.17, 15) is 0 Å². The van der Waals surface area contributed by atoms with Crippen LogP contribution in [-0.4, -0.2) is 44.6 Å². The Kier molecular flexibility index (Phi) is 3.94. The number of ether oxygens (including phenoxy) is 1. The van der Waals surface area contributed by atoms with Crippen molar-refractivity contribution in [2.45, 2.75) is 6.82 Å². The number of fused-ring (bicyclic) bond motifs is 1. The SMILES string of the molecule is C=C(CN1CCOCC1)C1=Cc2ccccc2NB1C. The first kappa shape index (κ1) is 13.5. The van der Waals surface area contributed by atoms with Crippen LogP contribution in [0.2, 0.25) is 6.82 Å². The molecular formula is C16H21BN2O. The van der Waals surface area contributed by atoms with Gasteiger partial charge in [0.15, 0.2) is 0 Å². The van der Waals surface area contributed by atoms with Crippen molar-refractivity contribution in [1.82, 2.24) is 4.90 Å². The van der Waals surface area contributed by atoms with Crippen molar-refractivity contribution in [3.63, 3.8) is 0 Å². The van der Waals surface area contributed by atoms with Gasteiger partial charge < -0.3 is 9.96 Å². The molecular weight excluding hydrogens is 247 g/mol. The van der Waals surface area contributed by atoms with E-state index in [4.69, 9.17) is 4.74 Å². The Balaban J connectivity index is 1.75. The monoisotopic (exact) mass is 268 g/mol. The number of morpholine rings is 1. The molecule has 2 aliphatic heterocycles. The van der Waals surface area contributed by atoms with Crippen molar-refractivity contribution in [3.05, 3.63) is 47.5 Å². The summed E-state index contributed by atoms with van der Waals surface area (Å²) in [6, 6.07) is 8.43. The maximum absolute atomic E-state index is 5.40. The van der Waals surface area contributed by atoms with Crippen LogP contribution >= 0.6 is 0 Å². The third kappa shape index (κ3) is 2.81. The normalized spacial score (nSPS) is 19.1. The number of nitrogens with one attached hydrogen (secondary N) is 1. The molecule has 0 amide bonds. The number of rotatable bonds is 3. The van der Waals surface area contributed by atoms with E-state index in [0.29, 0.717) is 6.85 Å². The van der Waals surface area contributed by atoms with E-state index < -0.39 is 0 Å². The van der Waals surface area contributed by atoms with Crippen LogP contribution in [0.15, 0.2) is 41.9 Å². The molecule has 0 aliphatic carbocycles. The first-order chi connectivity index (χ1) is 9.74. The fraction of sp³-hybridized carbons (Fsp3) is 0.375. The summed E-state index contributed by atoms with van der Waals surface area (Å²) in [4.78, 5) is 2.42. The zero-order chi connectivity index (χ0) is 13.9. The Bertz CT molecular complexity index is 535. The first-order valence-corrected chi connectivity index (χ1v) is 7.29.